The van der Waals surface area contributed by atoms with E-state index in [0.29, 0.717) is 18.8 Å². The van der Waals surface area contributed by atoms with Crippen molar-refractivity contribution in [2.75, 3.05) is 11.5 Å². The molecule has 6 heteroatoms. The van der Waals surface area contributed by atoms with Gasteiger partial charge in [0.1, 0.15) is 5.82 Å². The monoisotopic (exact) mass is 367 g/mol. The predicted octanol–water partition coefficient (Wildman–Crippen LogP) is 3.18. The van der Waals surface area contributed by atoms with Crippen molar-refractivity contribution in [1.82, 2.24) is 5.32 Å². The third-order valence-corrected chi connectivity index (χ3v) is 7.29. The van der Waals surface area contributed by atoms with Crippen LogP contribution in [0, 0.1) is 11.7 Å². The molecule has 138 valence electrons. The summed E-state index contributed by atoms with van der Waals surface area (Å²) in [4.78, 5) is 12.5. The van der Waals surface area contributed by atoms with Gasteiger partial charge >= 0.3 is 0 Å². The van der Waals surface area contributed by atoms with Crippen molar-refractivity contribution in [3.63, 3.8) is 0 Å². The molecule has 1 saturated carbocycles. The summed E-state index contributed by atoms with van der Waals surface area (Å²) in [6.07, 6.45) is 6.60. The third-order valence-electron chi connectivity index (χ3n) is 5.52. The number of hydrogen-bond donors (Lipinski definition) is 1. The summed E-state index contributed by atoms with van der Waals surface area (Å²) in [5.74, 6) is 0.329. The average Bonchev–Trinajstić information content (AvgIpc) is 2.93. The SMILES string of the molecule is O=C(CC(c1ccc(F)cc1)C1CCCCC1)NC1CCS(=O)(=O)C1. The highest BCUT2D eigenvalue weighted by Crippen LogP contribution is 2.38. The van der Waals surface area contributed by atoms with Gasteiger partial charge in [0.15, 0.2) is 9.84 Å². The Bertz CT molecular complexity index is 696. The maximum absolute atomic E-state index is 13.3. The molecule has 1 heterocycles. The smallest absolute Gasteiger partial charge is 0.220 e. The van der Waals surface area contributed by atoms with Gasteiger partial charge in [-0.1, -0.05) is 31.4 Å². The van der Waals surface area contributed by atoms with Crippen molar-refractivity contribution in [2.45, 2.75) is 56.9 Å². The lowest BCUT2D eigenvalue weighted by atomic mass is 9.75. The van der Waals surface area contributed by atoms with Gasteiger partial charge in [-0.2, -0.15) is 0 Å². The van der Waals surface area contributed by atoms with Gasteiger partial charge < -0.3 is 5.32 Å². The number of benzene rings is 1. The number of carbonyl (C=O) groups is 1. The maximum atomic E-state index is 13.3. The third kappa shape index (κ3) is 5.03. The average molecular weight is 367 g/mol. The van der Waals surface area contributed by atoms with E-state index in [1.807, 2.05) is 0 Å². The molecule has 1 aliphatic heterocycles. The number of rotatable bonds is 5. The quantitative estimate of drug-likeness (QED) is 0.869. The standard InChI is InChI=1S/C19H26FNO3S/c20-16-8-6-15(7-9-16)18(14-4-2-1-3-5-14)12-19(22)21-17-10-11-25(23,24)13-17/h6-9,14,17-18H,1-5,10-13H2,(H,21,22). The van der Waals surface area contributed by atoms with Crippen LogP contribution in [0.4, 0.5) is 4.39 Å². The number of amides is 1. The maximum Gasteiger partial charge on any atom is 0.220 e. The number of nitrogens with one attached hydrogen (secondary N) is 1. The first kappa shape index (κ1) is 18.4. The van der Waals surface area contributed by atoms with Gasteiger partial charge in [0.25, 0.3) is 0 Å². The number of sulfone groups is 1. The Hall–Kier alpha value is -1.43. The zero-order valence-corrected chi connectivity index (χ0v) is 15.2. The number of carbonyl (C=O) groups excluding carboxylic acids is 1. The number of hydrogen-bond acceptors (Lipinski definition) is 3. The Morgan fingerprint density at radius 1 is 1.12 bits per heavy atom. The Balaban J connectivity index is 1.68. The van der Waals surface area contributed by atoms with Gasteiger partial charge in [0.2, 0.25) is 5.91 Å². The molecular weight excluding hydrogens is 341 g/mol. The van der Waals surface area contributed by atoms with Crippen LogP contribution < -0.4 is 5.32 Å². The lowest BCUT2D eigenvalue weighted by molar-refractivity contribution is -0.122. The van der Waals surface area contributed by atoms with Crippen molar-refractivity contribution in [3.8, 4) is 0 Å². The van der Waals surface area contributed by atoms with E-state index in [-0.39, 0.29) is 35.2 Å². The van der Waals surface area contributed by atoms with Gasteiger partial charge in [0, 0.05) is 12.5 Å². The zero-order valence-electron chi connectivity index (χ0n) is 14.4. The van der Waals surface area contributed by atoms with Gasteiger partial charge in [-0.3, -0.25) is 4.79 Å². The lowest BCUT2D eigenvalue weighted by Gasteiger charge is -2.30. The van der Waals surface area contributed by atoms with Gasteiger partial charge in [-0.15, -0.1) is 0 Å². The van der Waals surface area contributed by atoms with Crippen molar-refractivity contribution in [3.05, 3.63) is 35.6 Å². The Morgan fingerprint density at radius 3 is 2.40 bits per heavy atom. The van der Waals surface area contributed by atoms with E-state index < -0.39 is 9.84 Å². The highest BCUT2D eigenvalue weighted by Gasteiger charge is 2.31. The fourth-order valence-electron chi connectivity index (χ4n) is 4.20. The van der Waals surface area contributed by atoms with Crippen molar-refractivity contribution >= 4 is 15.7 Å². The van der Waals surface area contributed by atoms with Gasteiger partial charge in [-0.05, 0) is 48.8 Å². The summed E-state index contributed by atoms with van der Waals surface area (Å²) < 4.78 is 36.4. The van der Waals surface area contributed by atoms with Crippen LogP contribution in [0.2, 0.25) is 0 Å². The van der Waals surface area contributed by atoms with E-state index in [1.54, 1.807) is 12.1 Å². The topological polar surface area (TPSA) is 63.2 Å². The summed E-state index contributed by atoms with van der Waals surface area (Å²) in [7, 11) is -3.00. The minimum atomic E-state index is -3.00. The largest absolute Gasteiger partial charge is 0.352 e. The van der Waals surface area contributed by atoms with E-state index in [2.05, 4.69) is 5.32 Å². The van der Waals surface area contributed by atoms with Crippen LogP contribution in [0.15, 0.2) is 24.3 Å². The molecule has 1 aromatic carbocycles. The summed E-state index contributed by atoms with van der Waals surface area (Å²) in [5, 5.41) is 2.89. The molecule has 1 aromatic rings. The molecule has 0 aromatic heterocycles. The van der Waals surface area contributed by atoms with E-state index in [9.17, 15) is 17.6 Å². The van der Waals surface area contributed by atoms with E-state index in [0.717, 1.165) is 18.4 Å². The fourth-order valence-corrected chi connectivity index (χ4v) is 5.87. The molecule has 2 aliphatic rings. The molecule has 1 saturated heterocycles. The summed E-state index contributed by atoms with van der Waals surface area (Å²) in [5.41, 5.74) is 1.00. The molecule has 0 spiro atoms. The predicted molar refractivity (Wildman–Crippen MR) is 95.5 cm³/mol. The van der Waals surface area contributed by atoms with Crippen LogP contribution in [-0.4, -0.2) is 31.9 Å². The molecule has 2 unspecified atom stereocenters. The molecule has 4 nitrogen and oxygen atoms in total. The van der Waals surface area contributed by atoms with Crippen LogP contribution >= 0.6 is 0 Å². The van der Waals surface area contributed by atoms with Crippen LogP contribution in [-0.2, 0) is 14.6 Å². The van der Waals surface area contributed by atoms with Crippen LogP contribution in [0.1, 0.15) is 56.4 Å². The zero-order chi connectivity index (χ0) is 17.9. The second-order valence-corrected chi connectivity index (χ2v) is 9.66. The summed E-state index contributed by atoms with van der Waals surface area (Å²) in [6, 6.07) is 6.20. The molecule has 0 bridgehead atoms. The molecule has 25 heavy (non-hydrogen) atoms. The highest BCUT2D eigenvalue weighted by molar-refractivity contribution is 7.91. The molecule has 3 rings (SSSR count). The molecule has 1 N–H and O–H groups in total. The molecule has 0 radical (unpaired) electrons. The molecule has 1 amide bonds. The van der Waals surface area contributed by atoms with Crippen LogP contribution in [0.3, 0.4) is 0 Å². The van der Waals surface area contributed by atoms with E-state index >= 15 is 0 Å². The normalized spacial score (nSPS) is 24.8. The Morgan fingerprint density at radius 2 is 1.80 bits per heavy atom. The second kappa shape index (κ2) is 7.85. The van der Waals surface area contributed by atoms with Crippen molar-refractivity contribution in [2.24, 2.45) is 5.92 Å². The van der Waals surface area contributed by atoms with Gasteiger partial charge in [-0.25, -0.2) is 12.8 Å². The van der Waals surface area contributed by atoms with E-state index in [1.165, 1.54) is 31.4 Å². The molecule has 2 atom stereocenters. The Kier molecular flexibility index (Phi) is 5.77. The minimum absolute atomic E-state index is 0.0450. The van der Waals surface area contributed by atoms with Crippen molar-refractivity contribution in [1.29, 1.82) is 0 Å². The van der Waals surface area contributed by atoms with E-state index in [4.69, 9.17) is 0 Å². The number of halogens is 1. The van der Waals surface area contributed by atoms with Crippen LogP contribution in [0.25, 0.3) is 0 Å². The molecule has 2 fully saturated rings. The van der Waals surface area contributed by atoms with Crippen LogP contribution in [0.5, 0.6) is 0 Å². The summed E-state index contributed by atoms with van der Waals surface area (Å²) in [6.45, 7) is 0. The first-order valence-corrected chi connectivity index (χ1v) is 11.0. The molecular formula is C19H26FNO3S. The fraction of sp³-hybridized carbons (Fsp3) is 0.632. The first-order chi connectivity index (χ1) is 11.9. The first-order valence-electron chi connectivity index (χ1n) is 9.18. The summed E-state index contributed by atoms with van der Waals surface area (Å²) >= 11 is 0. The minimum Gasteiger partial charge on any atom is -0.352 e. The van der Waals surface area contributed by atoms with Crippen molar-refractivity contribution < 1.29 is 17.6 Å². The lowest BCUT2D eigenvalue weighted by Crippen LogP contribution is -2.37. The highest BCUT2D eigenvalue weighted by atomic mass is 32.2. The molecule has 1 aliphatic carbocycles. The van der Waals surface area contributed by atoms with Gasteiger partial charge in [0.05, 0.1) is 11.5 Å². The second-order valence-electron chi connectivity index (χ2n) is 7.43. The Labute approximate surface area is 149 Å².